The van der Waals surface area contributed by atoms with Gasteiger partial charge in [0, 0.05) is 30.6 Å². The van der Waals surface area contributed by atoms with Gasteiger partial charge in [-0.1, -0.05) is 36.4 Å². The predicted molar refractivity (Wildman–Crippen MR) is 99.9 cm³/mol. The summed E-state index contributed by atoms with van der Waals surface area (Å²) in [7, 11) is 0.105. The molecule has 0 saturated carbocycles. The predicted octanol–water partition coefficient (Wildman–Crippen LogP) is 3.29. The van der Waals surface area contributed by atoms with Crippen molar-refractivity contribution in [1.29, 1.82) is 0 Å². The van der Waals surface area contributed by atoms with Gasteiger partial charge in [0.1, 0.15) is 0 Å². The summed E-state index contributed by atoms with van der Waals surface area (Å²) in [5.41, 5.74) is 7.57. The van der Waals surface area contributed by atoms with E-state index in [0.717, 1.165) is 11.1 Å². The molecule has 3 aromatic rings. The molecule has 0 unspecified atom stereocenters. The van der Waals surface area contributed by atoms with Crippen molar-refractivity contribution in [1.82, 2.24) is 0 Å². The molecule has 0 bridgehead atoms. The minimum absolute atomic E-state index is 0.229. The monoisotopic (exact) mass is 341 g/mol. The fourth-order valence-corrected chi connectivity index (χ4v) is 3.99. The Morgan fingerprint density at radius 2 is 1.54 bits per heavy atom. The van der Waals surface area contributed by atoms with Gasteiger partial charge in [0.05, 0.1) is 16.3 Å². The molecular weight excluding hydrogens is 322 g/mol. The number of benzene rings is 3. The Labute approximate surface area is 141 Å². The van der Waals surface area contributed by atoms with Crippen molar-refractivity contribution in [2.45, 2.75) is 4.90 Å². The van der Waals surface area contributed by atoms with Gasteiger partial charge in [0.15, 0.2) is 0 Å². The quantitative estimate of drug-likeness (QED) is 0.714. The topological polar surface area (TPSA) is 75.4 Å². The number of nitrogen functional groups attached to an aromatic ring is 1. The molecule has 0 saturated heterocycles. The van der Waals surface area contributed by atoms with Crippen LogP contribution in [0.4, 0.5) is 17.1 Å². The molecule has 0 aliphatic rings. The number of fused-ring (bicyclic) bond motifs is 1. The highest BCUT2D eigenvalue weighted by Gasteiger charge is 2.19. The van der Waals surface area contributed by atoms with Gasteiger partial charge in [0.25, 0.3) is 10.0 Å². The van der Waals surface area contributed by atoms with Crippen LogP contribution in [-0.2, 0) is 10.0 Å². The first-order valence-corrected chi connectivity index (χ1v) is 8.95. The van der Waals surface area contributed by atoms with Crippen LogP contribution in [-0.4, -0.2) is 22.5 Å². The van der Waals surface area contributed by atoms with Crippen molar-refractivity contribution >= 4 is 37.9 Å². The van der Waals surface area contributed by atoms with Gasteiger partial charge in [-0.25, -0.2) is 8.42 Å². The molecule has 0 amide bonds. The average Bonchev–Trinajstić information content (AvgIpc) is 2.55. The largest absolute Gasteiger partial charge is 0.397 e. The molecule has 0 aliphatic heterocycles. The fraction of sp³-hybridized carbons (Fsp3) is 0.111. The van der Waals surface area contributed by atoms with Crippen LogP contribution < -0.4 is 15.4 Å². The Morgan fingerprint density at radius 3 is 2.25 bits per heavy atom. The van der Waals surface area contributed by atoms with Gasteiger partial charge in [-0.2, -0.15) is 0 Å². The van der Waals surface area contributed by atoms with Crippen molar-refractivity contribution in [3.63, 3.8) is 0 Å². The van der Waals surface area contributed by atoms with Gasteiger partial charge in [-0.15, -0.1) is 0 Å². The molecule has 3 aromatic carbocycles. The normalized spacial score (nSPS) is 11.4. The zero-order valence-corrected chi connectivity index (χ0v) is 14.3. The standard InChI is InChI=1S/C18H19N3O2S/c1-21(2)17-11-5-8-14-13(17)7-6-12-18(14)24(22,23)20-16-10-4-3-9-15(16)19/h3-12,20H,19H2,1-2H3. The number of hydrogen-bond acceptors (Lipinski definition) is 4. The van der Waals surface area contributed by atoms with Crippen molar-refractivity contribution in [2.75, 3.05) is 29.5 Å². The second-order valence-corrected chi connectivity index (χ2v) is 7.37. The molecule has 0 aliphatic carbocycles. The van der Waals surface area contributed by atoms with Crippen LogP contribution in [0, 0.1) is 0 Å². The van der Waals surface area contributed by atoms with E-state index in [1.54, 1.807) is 36.4 Å². The number of para-hydroxylation sites is 2. The molecule has 0 radical (unpaired) electrons. The second kappa shape index (κ2) is 6.05. The molecule has 124 valence electrons. The van der Waals surface area contributed by atoms with Crippen LogP contribution >= 0.6 is 0 Å². The van der Waals surface area contributed by atoms with E-state index in [1.807, 2.05) is 43.3 Å². The van der Waals surface area contributed by atoms with E-state index in [2.05, 4.69) is 4.72 Å². The Morgan fingerprint density at radius 1 is 0.875 bits per heavy atom. The smallest absolute Gasteiger partial charge is 0.262 e. The summed E-state index contributed by atoms with van der Waals surface area (Å²) in [6.07, 6.45) is 0. The van der Waals surface area contributed by atoms with Crippen molar-refractivity contribution in [3.05, 3.63) is 60.7 Å². The number of nitrogens with two attached hydrogens (primary N) is 1. The number of rotatable bonds is 4. The van der Waals surface area contributed by atoms with Gasteiger partial charge < -0.3 is 10.6 Å². The summed E-state index contributed by atoms with van der Waals surface area (Å²) in [6.45, 7) is 0. The third kappa shape index (κ3) is 2.88. The highest BCUT2D eigenvalue weighted by Crippen LogP contribution is 2.31. The van der Waals surface area contributed by atoms with E-state index in [-0.39, 0.29) is 4.90 Å². The van der Waals surface area contributed by atoms with Gasteiger partial charge in [-0.05, 0) is 24.3 Å². The molecule has 24 heavy (non-hydrogen) atoms. The first kappa shape index (κ1) is 16.1. The Kier molecular flexibility index (Phi) is 4.07. The van der Waals surface area contributed by atoms with Crippen LogP contribution in [0.15, 0.2) is 65.6 Å². The summed E-state index contributed by atoms with van der Waals surface area (Å²) in [4.78, 5) is 2.19. The van der Waals surface area contributed by atoms with E-state index >= 15 is 0 Å². The third-order valence-corrected chi connectivity index (χ3v) is 5.26. The first-order chi connectivity index (χ1) is 11.4. The molecule has 0 fully saturated rings. The molecular formula is C18H19N3O2S. The summed E-state index contributed by atoms with van der Waals surface area (Å²) in [6, 6.07) is 17.7. The van der Waals surface area contributed by atoms with Crippen LogP contribution in [0.1, 0.15) is 0 Å². The number of sulfonamides is 1. The minimum atomic E-state index is -3.75. The number of nitrogens with zero attached hydrogens (tertiary/aromatic N) is 1. The maximum absolute atomic E-state index is 12.9. The molecule has 0 heterocycles. The lowest BCUT2D eigenvalue weighted by atomic mass is 10.1. The zero-order chi connectivity index (χ0) is 17.3. The average molecular weight is 341 g/mol. The Hall–Kier alpha value is -2.73. The van der Waals surface area contributed by atoms with E-state index < -0.39 is 10.0 Å². The Balaban J connectivity index is 2.15. The first-order valence-electron chi connectivity index (χ1n) is 7.46. The van der Waals surface area contributed by atoms with Crippen LogP contribution in [0.25, 0.3) is 10.8 Å². The molecule has 0 atom stereocenters. The second-order valence-electron chi connectivity index (χ2n) is 5.72. The van der Waals surface area contributed by atoms with E-state index in [0.29, 0.717) is 16.8 Å². The summed E-state index contributed by atoms with van der Waals surface area (Å²) in [5.74, 6) is 0. The van der Waals surface area contributed by atoms with Crippen LogP contribution in [0.5, 0.6) is 0 Å². The fourth-order valence-electron chi connectivity index (χ4n) is 2.68. The van der Waals surface area contributed by atoms with Gasteiger partial charge in [-0.3, -0.25) is 4.72 Å². The van der Waals surface area contributed by atoms with E-state index in [1.165, 1.54) is 0 Å². The number of anilines is 3. The molecule has 0 aromatic heterocycles. The lowest BCUT2D eigenvalue weighted by Crippen LogP contribution is -2.15. The van der Waals surface area contributed by atoms with Crippen LogP contribution in [0.3, 0.4) is 0 Å². The zero-order valence-electron chi connectivity index (χ0n) is 13.5. The highest BCUT2D eigenvalue weighted by molar-refractivity contribution is 7.93. The highest BCUT2D eigenvalue weighted by atomic mass is 32.2. The summed E-state index contributed by atoms with van der Waals surface area (Å²) >= 11 is 0. The van der Waals surface area contributed by atoms with Crippen molar-refractivity contribution in [3.8, 4) is 0 Å². The number of hydrogen-bond donors (Lipinski definition) is 2. The van der Waals surface area contributed by atoms with Gasteiger partial charge in [0.2, 0.25) is 0 Å². The maximum Gasteiger partial charge on any atom is 0.262 e. The van der Waals surface area contributed by atoms with E-state index in [4.69, 9.17) is 5.73 Å². The molecule has 3 rings (SSSR count). The lowest BCUT2D eigenvalue weighted by molar-refractivity contribution is 0.602. The maximum atomic E-state index is 12.9. The van der Waals surface area contributed by atoms with Crippen molar-refractivity contribution < 1.29 is 8.42 Å². The van der Waals surface area contributed by atoms with Crippen LogP contribution in [0.2, 0.25) is 0 Å². The summed E-state index contributed by atoms with van der Waals surface area (Å²) < 4.78 is 28.3. The van der Waals surface area contributed by atoms with Gasteiger partial charge >= 0.3 is 0 Å². The molecule has 0 spiro atoms. The lowest BCUT2D eigenvalue weighted by Gasteiger charge is -2.17. The third-order valence-electron chi connectivity index (χ3n) is 3.84. The van der Waals surface area contributed by atoms with Crippen molar-refractivity contribution in [2.24, 2.45) is 0 Å². The molecule has 5 nitrogen and oxygen atoms in total. The Bertz CT molecular complexity index is 998. The summed E-state index contributed by atoms with van der Waals surface area (Å²) in [5, 5.41) is 1.55. The van der Waals surface area contributed by atoms with E-state index in [9.17, 15) is 8.42 Å². The minimum Gasteiger partial charge on any atom is -0.397 e. The SMILES string of the molecule is CN(C)c1cccc2c(S(=O)(=O)Nc3ccccc3N)cccc12. The molecule has 3 N–H and O–H groups in total. The number of nitrogens with one attached hydrogen (secondary N) is 1. The molecule has 6 heteroatoms.